The SMILES string of the molecule is CCCNC(=O)/C=C/c1ccc(S(=O)(=O)N2CCCCCC2)cc1. The predicted octanol–water partition coefficient (Wildman–Crippen LogP) is 2.79. The van der Waals surface area contributed by atoms with Gasteiger partial charge in [-0.2, -0.15) is 4.31 Å². The van der Waals surface area contributed by atoms with E-state index in [4.69, 9.17) is 0 Å². The molecule has 132 valence electrons. The van der Waals surface area contributed by atoms with Crippen LogP contribution >= 0.6 is 0 Å². The van der Waals surface area contributed by atoms with Crippen LogP contribution in [0.4, 0.5) is 0 Å². The molecule has 1 saturated heterocycles. The van der Waals surface area contributed by atoms with Crippen LogP contribution in [0.25, 0.3) is 6.08 Å². The van der Waals surface area contributed by atoms with E-state index in [9.17, 15) is 13.2 Å². The largest absolute Gasteiger partial charge is 0.353 e. The highest BCUT2D eigenvalue weighted by atomic mass is 32.2. The number of sulfonamides is 1. The van der Waals surface area contributed by atoms with Gasteiger partial charge >= 0.3 is 0 Å². The second kappa shape index (κ2) is 8.99. The Morgan fingerprint density at radius 2 is 1.75 bits per heavy atom. The quantitative estimate of drug-likeness (QED) is 0.802. The van der Waals surface area contributed by atoms with Gasteiger partial charge in [0.15, 0.2) is 0 Å². The number of carbonyl (C=O) groups is 1. The third-order valence-electron chi connectivity index (χ3n) is 4.06. The fraction of sp³-hybridized carbons (Fsp3) is 0.500. The highest BCUT2D eigenvalue weighted by molar-refractivity contribution is 7.89. The van der Waals surface area contributed by atoms with E-state index in [0.717, 1.165) is 37.7 Å². The molecule has 5 nitrogen and oxygen atoms in total. The van der Waals surface area contributed by atoms with Crippen molar-refractivity contribution >= 4 is 22.0 Å². The number of carbonyl (C=O) groups excluding carboxylic acids is 1. The van der Waals surface area contributed by atoms with E-state index in [1.807, 2.05) is 6.92 Å². The molecule has 1 N–H and O–H groups in total. The Bertz CT molecular complexity index is 658. The number of hydrogen-bond acceptors (Lipinski definition) is 3. The summed E-state index contributed by atoms with van der Waals surface area (Å²) in [6.45, 7) is 3.84. The molecule has 1 heterocycles. The summed E-state index contributed by atoms with van der Waals surface area (Å²) in [5.74, 6) is -0.141. The maximum Gasteiger partial charge on any atom is 0.243 e. The van der Waals surface area contributed by atoms with Gasteiger partial charge in [-0.1, -0.05) is 31.9 Å². The summed E-state index contributed by atoms with van der Waals surface area (Å²) >= 11 is 0. The van der Waals surface area contributed by atoms with Gasteiger partial charge in [-0.25, -0.2) is 8.42 Å². The molecule has 1 aromatic rings. The monoisotopic (exact) mass is 350 g/mol. The second-order valence-electron chi connectivity index (χ2n) is 6.01. The van der Waals surface area contributed by atoms with Crippen molar-refractivity contribution in [3.63, 3.8) is 0 Å². The standard InChI is InChI=1S/C18H26N2O3S/c1-2-13-19-18(21)12-9-16-7-10-17(11-8-16)24(22,23)20-14-5-3-4-6-15-20/h7-12H,2-6,13-15H2,1H3,(H,19,21)/b12-9+. The molecule has 1 aromatic carbocycles. The number of rotatable bonds is 6. The van der Waals surface area contributed by atoms with Gasteiger partial charge in [-0.15, -0.1) is 0 Å². The molecule has 0 aromatic heterocycles. The minimum absolute atomic E-state index is 0.141. The van der Waals surface area contributed by atoms with Crippen LogP contribution in [0.3, 0.4) is 0 Å². The first-order chi connectivity index (χ1) is 11.5. The van der Waals surface area contributed by atoms with Gasteiger partial charge in [-0.3, -0.25) is 4.79 Å². The van der Waals surface area contributed by atoms with E-state index < -0.39 is 10.0 Å². The van der Waals surface area contributed by atoms with E-state index >= 15 is 0 Å². The third kappa shape index (κ3) is 5.18. The van der Waals surface area contributed by atoms with Gasteiger partial charge in [0, 0.05) is 25.7 Å². The molecule has 1 aliphatic heterocycles. The summed E-state index contributed by atoms with van der Waals surface area (Å²) in [5, 5.41) is 2.76. The lowest BCUT2D eigenvalue weighted by Crippen LogP contribution is -2.31. The molecule has 0 saturated carbocycles. The fourth-order valence-electron chi connectivity index (χ4n) is 2.66. The Hall–Kier alpha value is -1.66. The molecule has 2 rings (SSSR count). The van der Waals surface area contributed by atoms with E-state index in [2.05, 4.69) is 5.32 Å². The molecule has 0 radical (unpaired) electrons. The topological polar surface area (TPSA) is 66.5 Å². The lowest BCUT2D eigenvalue weighted by Gasteiger charge is -2.19. The van der Waals surface area contributed by atoms with Crippen LogP contribution in [0.2, 0.25) is 0 Å². The maximum atomic E-state index is 12.7. The van der Waals surface area contributed by atoms with Gasteiger partial charge in [0.1, 0.15) is 0 Å². The van der Waals surface area contributed by atoms with Crippen molar-refractivity contribution in [3.05, 3.63) is 35.9 Å². The van der Waals surface area contributed by atoms with Crippen LogP contribution in [0.1, 0.15) is 44.6 Å². The van der Waals surface area contributed by atoms with E-state index in [-0.39, 0.29) is 5.91 Å². The summed E-state index contributed by atoms with van der Waals surface area (Å²) < 4.78 is 26.9. The Kier molecular flexibility index (Phi) is 6.99. The molecule has 0 bridgehead atoms. The zero-order valence-corrected chi connectivity index (χ0v) is 15.0. The molecule has 1 amide bonds. The van der Waals surface area contributed by atoms with E-state index in [0.29, 0.717) is 24.5 Å². The van der Waals surface area contributed by atoms with Crippen molar-refractivity contribution in [2.45, 2.75) is 43.9 Å². The van der Waals surface area contributed by atoms with Crippen LogP contribution in [0.5, 0.6) is 0 Å². The van der Waals surface area contributed by atoms with Crippen molar-refractivity contribution in [2.75, 3.05) is 19.6 Å². The van der Waals surface area contributed by atoms with Gasteiger partial charge in [-0.05, 0) is 43.0 Å². The van der Waals surface area contributed by atoms with Crippen LogP contribution in [-0.2, 0) is 14.8 Å². The zero-order chi connectivity index (χ0) is 17.4. The van der Waals surface area contributed by atoms with Gasteiger partial charge in [0.2, 0.25) is 15.9 Å². The summed E-state index contributed by atoms with van der Waals surface area (Å²) in [6.07, 6.45) is 8.08. The lowest BCUT2D eigenvalue weighted by atomic mass is 10.2. The minimum Gasteiger partial charge on any atom is -0.353 e. The molecular weight excluding hydrogens is 324 g/mol. The van der Waals surface area contributed by atoms with E-state index in [1.165, 1.54) is 6.08 Å². The van der Waals surface area contributed by atoms with Crippen molar-refractivity contribution in [1.29, 1.82) is 0 Å². The number of amides is 1. The molecule has 1 fully saturated rings. The molecule has 6 heteroatoms. The van der Waals surface area contributed by atoms with Gasteiger partial charge < -0.3 is 5.32 Å². The number of benzene rings is 1. The van der Waals surface area contributed by atoms with Crippen molar-refractivity contribution in [3.8, 4) is 0 Å². The minimum atomic E-state index is -3.42. The molecule has 0 atom stereocenters. The fourth-order valence-corrected chi connectivity index (χ4v) is 4.18. The number of nitrogens with zero attached hydrogens (tertiary/aromatic N) is 1. The smallest absolute Gasteiger partial charge is 0.243 e. The highest BCUT2D eigenvalue weighted by Crippen LogP contribution is 2.20. The lowest BCUT2D eigenvalue weighted by molar-refractivity contribution is -0.116. The first-order valence-corrected chi connectivity index (χ1v) is 10.0. The van der Waals surface area contributed by atoms with Crippen molar-refractivity contribution < 1.29 is 13.2 Å². The number of nitrogens with one attached hydrogen (secondary N) is 1. The van der Waals surface area contributed by atoms with Gasteiger partial charge in [0.25, 0.3) is 0 Å². The Morgan fingerprint density at radius 3 is 2.33 bits per heavy atom. The molecule has 1 aliphatic rings. The number of hydrogen-bond donors (Lipinski definition) is 1. The average Bonchev–Trinajstić information content (AvgIpc) is 2.88. The van der Waals surface area contributed by atoms with Crippen molar-refractivity contribution in [2.24, 2.45) is 0 Å². The maximum absolute atomic E-state index is 12.7. The first kappa shape index (κ1) is 18.7. The van der Waals surface area contributed by atoms with Crippen LogP contribution in [-0.4, -0.2) is 38.3 Å². The summed E-state index contributed by atoms with van der Waals surface area (Å²) in [5.41, 5.74) is 0.802. The van der Waals surface area contributed by atoms with Crippen LogP contribution in [0, 0.1) is 0 Å². The summed E-state index contributed by atoms with van der Waals surface area (Å²) in [4.78, 5) is 11.9. The van der Waals surface area contributed by atoms with E-state index in [1.54, 1.807) is 34.6 Å². The Morgan fingerprint density at radius 1 is 1.12 bits per heavy atom. The molecular formula is C18H26N2O3S. The van der Waals surface area contributed by atoms with Crippen LogP contribution < -0.4 is 5.32 Å². The Balaban J connectivity index is 2.05. The highest BCUT2D eigenvalue weighted by Gasteiger charge is 2.24. The zero-order valence-electron chi connectivity index (χ0n) is 14.2. The van der Waals surface area contributed by atoms with Crippen LogP contribution in [0.15, 0.2) is 35.2 Å². The normalized spacial score (nSPS) is 16.9. The molecule has 0 spiro atoms. The molecule has 0 aliphatic carbocycles. The second-order valence-corrected chi connectivity index (χ2v) is 7.95. The summed E-state index contributed by atoms with van der Waals surface area (Å²) in [6, 6.07) is 6.69. The first-order valence-electron chi connectivity index (χ1n) is 8.60. The predicted molar refractivity (Wildman–Crippen MR) is 96.0 cm³/mol. The summed E-state index contributed by atoms with van der Waals surface area (Å²) in [7, 11) is -3.42. The average molecular weight is 350 g/mol. The third-order valence-corrected chi connectivity index (χ3v) is 5.97. The molecule has 24 heavy (non-hydrogen) atoms. The molecule has 0 unspecified atom stereocenters. The Labute approximate surface area is 144 Å². The van der Waals surface area contributed by atoms with Crippen molar-refractivity contribution in [1.82, 2.24) is 9.62 Å². The van der Waals surface area contributed by atoms with Gasteiger partial charge in [0.05, 0.1) is 4.90 Å².